The summed E-state index contributed by atoms with van der Waals surface area (Å²) in [6.45, 7) is 0.394. The summed E-state index contributed by atoms with van der Waals surface area (Å²) in [6.07, 6.45) is 2.24. The summed E-state index contributed by atoms with van der Waals surface area (Å²) < 4.78 is 5.91. The van der Waals surface area contributed by atoms with E-state index in [9.17, 15) is 4.79 Å². The number of halogens is 1. The number of rotatable bonds is 8. The smallest absolute Gasteiger partial charge is 0.228 e. The maximum absolute atomic E-state index is 12.4. The Balaban J connectivity index is 1.65. The van der Waals surface area contributed by atoms with Crippen molar-refractivity contribution in [3.05, 3.63) is 82.9 Å². The van der Waals surface area contributed by atoms with Crippen LogP contribution in [0.25, 0.3) is 0 Å². The fourth-order valence-corrected chi connectivity index (χ4v) is 3.86. The van der Waals surface area contributed by atoms with Crippen molar-refractivity contribution in [3.8, 4) is 5.75 Å². The van der Waals surface area contributed by atoms with E-state index in [-0.39, 0.29) is 12.3 Å². The zero-order chi connectivity index (χ0) is 20.6. The predicted molar refractivity (Wildman–Crippen MR) is 123 cm³/mol. The van der Waals surface area contributed by atoms with Gasteiger partial charge in [0, 0.05) is 26.1 Å². The predicted octanol–water partition coefficient (Wildman–Crippen LogP) is 5.79. The van der Waals surface area contributed by atoms with Gasteiger partial charge in [-0.1, -0.05) is 41.9 Å². The Morgan fingerprint density at radius 2 is 1.90 bits per heavy atom. The molecule has 0 unspecified atom stereocenters. The van der Waals surface area contributed by atoms with Crippen LogP contribution in [0.3, 0.4) is 0 Å². The maximum atomic E-state index is 12.4. The Hall–Kier alpha value is -2.12. The molecular formula is C22H21ClN2O2S2. The topological polar surface area (TPSA) is 64.3 Å². The van der Waals surface area contributed by atoms with Gasteiger partial charge in [0.25, 0.3) is 0 Å². The molecule has 0 aliphatic carbocycles. The number of nitrogens with one attached hydrogen (secondary N) is 1. The second kappa shape index (κ2) is 10.6. The minimum absolute atomic E-state index is 0.135. The number of hydrogen-bond donors (Lipinski definition) is 2. The third-order valence-electron chi connectivity index (χ3n) is 4.22. The molecule has 150 valence electrons. The summed E-state index contributed by atoms with van der Waals surface area (Å²) in [7, 11) is 0. The van der Waals surface area contributed by atoms with Crippen LogP contribution in [0.1, 0.15) is 11.1 Å². The molecule has 29 heavy (non-hydrogen) atoms. The van der Waals surface area contributed by atoms with Gasteiger partial charge in [-0.2, -0.15) is 0 Å². The number of thioether (sulfide) groups is 1. The molecule has 0 spiro atoms. The Morgan fingerprint density at radius 1 is 1.07 bits per heavy atom. The molecule has 0 heterocycles. The SMILES string of the molecule is CSc1cccc(OCc2ccc(NC(=O)Cc3ccccc3Cl)cc2SN)c1. The van der Waals surface area contributed by atoms with Gasteiger partial charge >= 0.3 is 0 Å². The van der Waals surface area contributed by atoms with Crippen molar-refractivity contribution in [2.75, 3.05) is 11.6 Å². The second-order valence-corrected chi connectivity index (χ2v) is 8.19. The molecular weight excluding hydrogens is 424 g/mol. The van der Waals surface area contributed by atoms with Crippen molar-refractivity contribution in [2.45, 2.75) is 22.8 Å². The molecule has 0 aliphatic heterocycles. The molecule has 3 aromatic rings. The minimum atomic E-state index is -0.135. The van der Waals surface area contributed by atoms with E-state index in [1.165, 1.54) is 0 Å². The van der Waals surface area contributed by atoms with Crippen LogP contribution in [-0.2, 0) is 17.8 Å². The quantitative estimate of drug-likeness (QED) is 0.340. The van der Waals surface area contributed by atoms with Gasteiger partial charge in [0.1, 0.15) is 12.4 Å². The number of amides is 1. The van der Waals surface area contributed by atoms with Crippen molar-refractivity contribution in [1.29, 1.82) is 0 Å². The molecule has 3 N–H and O–H groups in total. The summed E-state index contributed by atoms with van der Waals surface area (Å²) in [5.41, 5.74) is 2.43. The molecule has 0 aromatic heterocycles. The first-order chi connectivity index (χ1) is 14.1. The van der Waals surface area contributed by atoms with Crippen LogP contribution in [0.2, 0.25) is 5.02 Å². The van der Waals surface area contributed by atoms with Gasteiger partial charge in [-0.25, -0.2) is 0 Å². The van der Waals surface area contributed by atoms with E-state index < -0.39 is 0 Å². The van der Waals surface area contributed by atoms with E-state index in [1.807, 2.05) is 66.9 Å². The summed E-state index contributed by atoms with van der Waals surface area (Å²) >= 11 is 8.93. The molecule has 0 atom stereocenters. The van der Waals surface area contributed by atoms with Crippen LogP contribution < -0.4 is 15.2 Å². The van der Waals surface area contributed by atoms with Gasteiger partial charge in [0.2, 0.25) is 5.91 Å². The fraction of sp³-hybridized carbons (Fsp3) is 0.136. The van der Waals surface area contributed by atoms with Crippen LogP contribution in [0.15, 0.2) is 76.5 Å². The van der Waals surface area contributed by atoms with E-state index in [0.717, 1.165) is 38.6 Å². The Labute approximate surface area is 184 Å². The van der Waals surface area contributed by atoms with E-state index >= 15 is 0 Å². The third-order valence-corrected chi connectivity index (χ3v) is 5.95. The highest BCUT2D eigenvalue weighted by Crippen LogP contribution is 2.26. The lowest BCUT2D eigenvalue weighted by atomic mass is 10.1. The first-order valence-corrected chi connectivity index (χ1v) is 11.4. The van der Waals surface area contributed by atoms with Crippen LogP contribution in [-0.4, -0.2) is 12.2 Å². The molecule has 0 aliphatic rings. The summed E-state index contributed by atoms with van der Waals surface area (Å²) in [4.78, 5) is 14.3. The van der Waals surface area contributed by atoms with Crippen LogP contribution in [0, 0.1) is 0 Å². The number of carbonyl (C=O) groups excluding carboxylic acids is 1. The van der Waals surface area contributed by atoms with Crippen molar-refractivity contribution in [3.63, 3.8) is 0 Å². The molecule has 0 fully saturated rings. The summed E-state index contributed by atoms with van der Waals surface area (Å²) in [6, 6.07) is 20.9. The van der Waals surface area contributed by atoms with Crippen LogP contribution in [0.4, 0.5) is 5.69 Å². The number of anilines is 1. The van der Waals surface area contributed by atoms with E-state index in [0.29, 0.717) is 17.3 Å². The van der Waals surface area contributed by atoms with Crippen molar-refractivity contribution >= 4 is 46.9 Å². The zero-order valence-corrected chi connectivity index (χ0v) is 18.2. The van der Waals surface area contributed by atoms with Gasteiger partial charge < -0.3 is 10.1 Å². The van der Waals surface area contributed by atoms with E-state index in [4.69, 9.17) is 21.5 Å². The molecule has 4 nitrogen and oxygen atoms in total. The number of nitrogens with two attached hydrogens (primary N) is 1. The number of hydrogen-bond acceptors (Lipinski definition) is 5. The van der Waals surface area contributed by atoms with Gasteiger partial charge in [0.05, 0.1) is 6.42 Å². The molecule has 3 aromatic carbocycles. The van der Waals surface area contributed by atoms with Crippen molar-refractivity contribution < 1.29 is 9.53 Å². The zero-order valence-electron chi connectivity index (χ0n) is 15.9. The Bertz CT molecular complexity index is 998. The fourth-order valence-electron chi connectivity index (χ4n) is 2.73. The number of carbonyl (C=O) groups is 1. The summed E-state index contributed by atoms with van der Waals surface area (Å²) in [5, 5.41) is 9.32. The molecule has 1 amide bonds. The highest BCUT2D eigenvalue weighted by Gasteiger charge is 2.10. The monoisotopic (exact) mass is 444 g/mol. The molecule has 0 radical (unpaired) electrons. The lowest BCUT2D eigenvalue weighted by Gasteiger charge is -2.13. The van der Waals surface area contributed by atoms with Gasteiger partial charge in [-0.3, -0.25) is 9.93 Å². The lowest BCUT2D eigenvalue weighted by Crippen LogP contribution is -2.15. The molecule has 7 heteroatoms. The minimum Gasteiger partial charge on any atom is -0.489 e. The van der Waals surface area contributed by atoms with Crippen LogP contribution >= 0.6 is 35.3 Å². The van der Waals surface area contributed by atoms with Crippen molar-refractivity contribution in [2.24, 2.45) is 5.14 Å². The first-order valence-electron chi connectivity index (χ1n) is 8.89. The Morgan fingerprint density at radius 3 is 2.66 bits per heavy atom. The second-order valence-electron chi connectivity index (χ2n) is 6.22. The van der Waals surface area contributed by atoms with Gasteiger partial charge in [0.15, 0.2) is 0 Å². The maximum Gasteiger partial charge on any atom is 0.228 e. The number of benzene rings is 3. The van der Waals surface area contributed by atoms with Gasteiger partial charge in [-0.15, -0.1) is 11.8 Å². The Kier molecular flexibility index (Phi) is 7.89. The first kappa shape index (κ1) is 21.6. The van der Waals surface area contributed by atoms with Gasteiger partial charge in [-0.05, 0) is 60.2 Å². The van der Waals surface area contributed by atoms with E-state index in [2.05, 4.69) is 5.32 Å². The molecule has 0 saturated carbocycles. The highest BCUT2D eigenvalue weighted by atomic mass is 35.5. The largest absolute Gasteiger partial charge is 0.489 e. The average Bonchev–Trinajstić information content (AvgIpc) is 2.74. The average molecular weight is 445 g/mol. The molecule has 0 saturated heterocycles. The van der Waals surface area contributed by atoms with Crippen LogP contribution in [0.5, 0.6) is 5.75 Å². The highest BCUT2D eigenvalue weighted by molar-refractivity contribution is 7.98. The van der Waals surface area contributed by atoms with Crippen molar-refractivity contribution in [1.82, 2.24) is 0 Å². The number of ether oxygens (including phenoxy) is 1. The lowest BCUT2D eigenvalue weighted by molar-refractivity contribution is -0.115. The molecule has 3 rings (SSSR count). The third kappa shape index (κ3) is 6.18. The molecule has 0 bridgehead atoms. The standard InChI is InChI=1S/C22H21ClN2O2S2/c1-28-19-7-4-6-18(13-19)27-14-16-9-10-17(12-21(16)29-24)25-22(26)11-15-5-2-3-8-20(15)23/h2-10,12-13H,11,14,24H2,1H3,(H,25,26). The summed E-state index contributed by atoms with van der Waals surface area (Å²) in [5.74, 6) is 0.672. The van der Waals surface area contributed by atoms with E-state index in [1.54, 1.807) is 17.8 Å². The normalized spacial score (nSPS) is 10.6.